The van der Waals surface area contributed by atoms with Crippen LogP contribution in [0.4, 0.5) is 0 Å². The van der Waals surface area contributed by atoms with Crippen molar-refractivity contribution in [1.29, 1.82) is 0 Å². The number of hydrogen-bond donors (Lipinski definition) is 1. The molecular formula is C31H32N6O4. The zero-order valence-electron chi connectivity index (χ0n) is 23.5. The van der Waals surface area contributed by atoms with Gasteiger partial charge >= 0.3 is 0 Å². The van der Waals surface area contributed by atoms with Crippen LogP contribution in [0.1, 0.15) is 49.7 Å². The second-order valence-electron chi connectivity index (χ2n) is 9.65. The number of ether oxygens (including phenoxy) is 3. The van der Waals surface area contributed by atoms with Gasteiger partial charge in [0, 0.05) is 35.6 Å². The van der Waals surface area contributed by atoms with Crippen LogP contribution in [0.15, 0.2) is 83.8 Å². The third-order valence-electron chi connectivity index (χ3n) is 6.22. The Labute approximate surface area is 238 Å². The molecule has 3 aromatic heterocycles. The molecule has 0 atom stereocenters. The number of allylic oxidation sites excluding steroid dienone is 3. The first kappa shape index (κ1) is 27.6. The molecule has 0 bridgehead atoms. The Morgan fingerprint density at radius 3 is 2.76 bits per heavy atom. The van der Waals surface area contributed by atoms with Crippen LogP contribution in [0.3, 0.4) is 0 Å². The van der Waals surface area contributed by atoms with Gasteiger partial charge in [-0.3, -0.25) is 14.8 Å². The molecule has 0 spiro atoms. The van der Waals surface area contributed by atoms with Crippen molar-refractivity contribution in [2.45, 2.75) is 46.1 Å². The number of aliphatic imine (C=N–C) groups is 1. The van der Waals surface area contributed by atoms with E-state index in [1.165, 1.54) is 0 Å². The lowest BCUT2D eigenvalue weighted by Gasteiger charge is -2.15. The highest BCUT2D eigenvalue weighted by Crippen LogP contribution is 2.36. The van der Waals surface area contributed by atoms with Crippen molar-refractivity contribution in [2.75, 3.05) is 7.11 Å². The van der Waals surface area contributed by atoms with E-state index in [1.807, 2.05) is 56.5 Å². The molecule has 0 saturated carbocycles. The summed E-state index contributed by atoms with van der Waals surface area (Å²) in [6, 6.07) is 9.20. The molecule has 1 aromatic carbocycles. The molecule has 1 N–H and O–H groups in total. The van der Waals surface area contributed by atoms with Gasteiger partial charge in [0.1, 0.15) is 17.3 Å². The van der Waals surface area contributed by atoms with Crippen LogP contribution in [-0.4, -0.2) is 45.1 Å². The van der Waals surface area contributed by atoms with Crippen LogP contribution in [0, 0.1) is 0 Å². The molecule has 210 valence electrons. The molecule has 0 aliphatic carbocycles. The Morgan fingerprint density at radius 2 is 2.00 bits per heavy atom. The molecule has 1 aliphatic heterocycles. The van der Waals surface area contributed by atoms with Gasteiger partial charge in [0.2, 0.25) is 0 Å². The van der Waals surface area contributed by atoms with Gasteiger partial charge < -0.3 is 19.5 Å². The summed E-state index contributed by atoms with van der Waals surface area (Å²) in [4.78, 5) is 26.3. The predicted octanol–water partition coefficient (Wildman–Crippen LogP) is 5.57. The number of pyridine rings is 2. The minimum atomic E-state index is -0.324. The second-order valence-corrected chi connectivity index (χ2v) is 9.65. The zero-order valence-corrected chi connectivity index (χ0v) is 23.5. The van der Waals surface area contributed by atoms with Gasteiger partial charge in [0.15, 0.2) is 17.2 Å². The van der Waals surface area contributed by atoms with Gasteiger partial charge in [-0.25, -0.2) is 9.67 Å². The molecule has 1 aliphatic rings. The number of rotatable bonds is 10. The summed E-state index contributed by atoms with van der Waals surface area (Å²) in [6.45, 7) is 5.98. The lowest BCUT2D eigenvalue weighted by Crippen LogP contribution is -2.23. The minimum absolute atomic E-state index is 0.00887. The van der Waals surface area contributed by atoms with Crippen molar-refractivity contribution >= 4 is 23.0 Å². The molecule has 5 rings (SSSR count). The maximum Gasteiger partial charge on any atom is 0.277 e. The summed E-state index contributed by atoms with van der Waals surface area (Å²) < 4.78 is 19.3. The molecule has 1 amide bonds. The number of nitrogens with one attached hydrogen (secondary N) is 1. The van der Waals surface area contributed by atoms with Crippen molar-refractivity contribution in [3.63, 3.8) is 0 Å². The number of carbonyl (C=O) groups is 1. The zero-order chi connectivity index (χ0) is 28.8. The van der Waals surface area contributed by atoms with Gasteiger partial charge in [-0.05, 0) is 63.1 Å². The Morgan fingerprint density at radius 1 is 1.12 bits per heavy atom. The number of amides is 1. The Bertz CT molecular complexity index is 1640. The normalized spacial score (nSPS) is 13.0. The van der Waals surface area contributed by atoms with Crippen molar-refractivity contribution in [2.24, 2.45) is 4.99 Å². The van der Waals surface area contributed by atoms with E-state index in [4.69, 9.17) is 14.2 Å². The number of carbonyl (C=O) groups excluding carboxylic acids is 1. The van der Waals surface area contributed by atoms with Gasteiger partial charge in [0.25, 0.3) is 5.91 Å². The molecule has 4 aromatic rings. The molecule has 41 heavy (non-hydrogen) atoms. The number of benzene rings is 1. The van der Waals surface area contributed by atoms with Gasteiger partial charge in [0.05, 0.1) is 36.8 Å². The van der Waals surface area contributed by atoms with Crippen molar-refractivity contribution in [1.82, 2.24) is 25.1 Å². The Kier molecular flexibility index (Phi) is 8.38. The van der Waals surface area contributed by atoms with Crippen LogP contribution in [0.5, 0.6) is 17.2 Å². The number of aromatic nitrogens is 4. The summed E-state index contributed by atoms with van der Waals surface area (Å²) in [6.07, 6.45) is 14.4. The lowest BCUT2D eigenvalue weighted by molar-refractivity contribution is 0.0959. The van der Waals surface area contributed by atoms with Gasteiger partial charge in [-0.1, -0.05) is 13.3 Å². The van der Waals surface area contributed by atoms with Crippen molar-refractivity contribution in [3.8, 4) is 22.9 Å². The van der Waals surface area contributed by atoms with Crippen LogP contribution in [0.25, 0.3) is 16.6 Å². The number of aryl methyl sites for hydroxylation is 1. The van der Waals surface area contributed by atoms with Crippen LogP contribution < -0.4 is 19.5 Å². The molecule has 0 saturated heterocycles. The van der Waals surface area contributed by atoms with E-state index >= 15 is 0 Å². The molecule has 10 heteroatoms. The van der Waals surface area contributed by atoms with E-state index in [1.54, 1.807) is 42.7 Å². The van der Waals surface area contributed by atoms with Crippen LogP contribution >= 0.6 is 0 Å². The lowest BCUT2D eigenvalue weighted by atomic mass is 10.1. The first-order chi connectivity index (χ1) is 19.9. The maximum absolute atomic E-state index is 13.2. The highest BCUT2D eigenvalue weighted by molar-refractivity contribution is 5.95. The summed E-state index contributed by atoms with van der Waals surface area (Å²) in [5.74, 6) is 2.43. The fourth-order valence-corrected chi connectivity index (χ4v) is 4.38. The number of nitrogens with zero attached hydrogens (tertiary/aromatic N) is 5. The van der Waals surface area contributed by atoms with Crippen molar-refractivity contribution < 1.29 is 19.0 Å². The predicted molar refractivity (Wildman–Crippen MR) is 157 cm³/mol. The fraction of sp³-hybridized carbons (Fsp3) is 0.258. The monoisotopic (exact) mass is 552 g/mol. The first-order valence-corrected chi connectivity index (χ1v) is 13.5. The second kappa shape index (κ2) is 12.5. The average Bonchev–Trinajstić information content (AvgIpc) is 3.27. The maximum atomic E-state index is 13.2. The van der Waals surface area contributed by atoms with Crippen LogP contribution in [-0.2, 0) is 6.42 Å². The topological polar surface area (TPSA) is 113 Å². The number of fused-ring (bicyclic) bond motifs is 1. The molecule has 0 radical (unpaired) electrons. The smallest absolute Gasteiger partial charge is 0.277 e. The van der Waals surface area contributed by atoms with E-state index in [2.05, 4.69) is 32.3 Å². The summed E-state index contributed by atoms with van der Waals surface area (Å²) >= 11 is 0. The van der Waals surface area contributed by atoms with E-state index in [0.717, 1.165) is 29.5 Å². The first-order valence-electron chi connectivity index (χ1n) is 13.5. The van der Waals surface area contributed by atoms with Gasteiger partial charge in [-0.15, -0.1) is 0 Å². The summed E-state index contributed by atoms with van der Waals surface area (Å²) in [7, 11) is 1.60. The van der Waals surface area contributed by atoms with E-state index < -0.39 is 0 Å². The van der Waals surface area contributed by atoms with Gasteiger partial charge in [-0.2, -0.15) is 5.10 Å². The molecule has 10 nitrogen and oxygen atoms in total. The summed E-state index contributed by atoms with van der Waals surface area (Å²) in [5, 5.41) is 8.21. The minimum Gasteiger partial charge on any atom is -0.493 e. The van der Waals surface area contributed by atoms with E-state index in [0.29, 0.717) is 46.5 Å². The SMILES string of the molecule is CCCc1cn(-c2cccnc2)nc1C(=O)NC1=CCC=C(Oc2ccnc3cc(OC(C)C)c(OC)cc23)C=N1. The standard InChI is InChI=1S/C31H32N6O4/c1-5-8-21-19-37(22-9-7-13-32-17-22)36-30(21)31(38)35-29-11-6-10-23(18-34-29)41-26-12-14-33-25-16-28(40-20(2)3)27(39-4)15-24(25)26/h7,9-20H,5-6,8H2,1-4H3,(H,35,38). The molecule has 4 heterocycles. The Balaban J connectivity index is 1.32. The highest BCUT2D eigenvalue weighted by atomic mass is 16.5. The third-order valence-corrected chi connectivity index (χ3v) is 6.22. The van der Waals surface area contributed by atoms with Crippen molar-refractivity contribution in [3.05, 3.63) is 90.1 Å². The highest BCUT2D eigenvalue weighted by Gasteiger charge is 2.19. The van der Waals surface area contributed by atoms with Crippen LogP contribution in [0.2, 0.25) is 0 Å². The fourth-order valence-electron chi connectivity index (χ4n) is 4.38. The number of hydrogen-bond acceptors (Lipinski definition) is 8. The molecule has 0 fully saturated rings. The molecule has 0 unspecified atom stereocenters. The quantitative estimate of drug-likeness (QED) is 0.274. The largest absolute Gasteiger partial charge is 0.493 e. The van der Waals surface area contributed by atoms with E-state index in [-0.39, 0.29) is 12.0 Å². The summed E-state index contributed by atoms with van der Waals surface area (Å²) in [5.41, 5.74) is 2.71. The number of methoxy groups -OCH3 is 1. The average molecular weight is 553 g/mol. The molecular weight excluding hydrogens is 520 g/mol. The Hall–Kier alpha value is -4.99. The van der Waals surface area contributed by atoms with E-state index in [9.17, 15) is 4.79 Å². The third kappa shape index (κ3) is 6.43.